The van der Waals surface area contributed by atoms with E-state index in [4.69, 9.17) is 0 Å². The molecule has 1 saturated carbocycles. The van der Waals surface area contributed by atoms with Crippen molar-refractivity contribution < 1.29 is 5.11 Å². The molecule has 3 rings (SSSR count). The maximum absolute atomic E-state index is 10.0. The van der Waals surface area contributed by atoms with E-state index in [9.17, 15) is 5.11 Å². The van der Waals surface area contributed by atoms with E-state index >= 15 is 0 Å². The first-order valence-corrected chi connectivity index (χ1v) is 8.43. The van der Waals surface area contributed by atoms with Gasteiger partial charge in [-0.1, -0.05) is 6.92 Å². The molecule has 2 aromatic heterocycles. The minimum absolute atomic E-state index is 0.276. The Kier molecular flexibility index (Phi) is 4.26. The fraction of sp³-hybridized carbons (Fsp3) is 0.600. The number of anilines is 2. The number of aliphatic hydroxyl groups excluding tert-OH is 1. The predicted octanol–water partition coefficient (Wildman–Crippen LogP) is 3.00. The molecule has 2 heterocycles. The van der Waals surface area contributed by atoms with Crippen LogP contribution in [0.5, 0.6) is 0 Å². The van der Waals surface area contributed by atoms with E-state index in [-0.39, 0.29) is 6.10 Å². The monoisotopic (exact) mass is 306 g/mol. The van der Waals surface area contributed by atoms with Crippen molar-refractivity contribution >= 4 is 33.3 Å². The number of aromatic nitrogens is 2. The van der Waals surface area contributed by atoms with Crippen LogP contribution in [0.25, 0.3) is 10.2 Å². The molecule has 0 aliphatic heterocycles. The second kappa shape index (κ2) is 6.15. The Morgan fingerprint density at radius 3 is 2.90 bits per heavy atom. The van der Waals surface area contributed by atoms with Gasteiger partial charge in [-0.05, 0) is 38.2 Å². The number of hydrogen-bond donors (Lipinski definition) is 3. The van der Waals surface area contributed by atoms with E-state index in [2.05, 4.69) is 40.5 Å². The number of hydrogen-bond acceptors (Lipinski definition) is 6. The average molecular weight is 306 g/mol. The van der Waals surface area contributed by atoms with Gasteiger partial charge in [0.15, 0.2) is 0 Å². The summed E-state index contributed by atoms with van der Waals surface area (Å²) in [6, 6.07) is 2.11. The molecule has 6 heteroatoms. The van der Waals surface area contributed by atoms with Crippen molar-refractivity contribution in [2.75, 3.05) is 23.7 Å². The fourth-order valence-electron chi connectivity index (χ4n) is 2.34. The van der Waals surface area contributed by atoms with E-state index in [1.807, 2.05) is 0 Å². The van der Waals surface area contributed by atoms with Crippen LogP contribution in [-0.2, 0) is 0 Å². The Balaban J connectivity index is 1.82. The van der Waals surface area contributed by atoms with Crippen LogP contribution in [0.1, 0.15) is 31.1 Å². The summed E-state index contributed by atoms with van der Waals surface area (Å²) >= 11 is 1.67. The summed E-state index contributed by atoms with van der Waals surface area (Å²) in [6.07, 6.45) is 3.04. The van der Waals surface area contributed by atoms with E-state index in [0.717, 1.165) is 41.8 Å². The van der Waals surface area contributed by atoms with Gasteiger partial charge in [-0.15, -0.1) is 11.3 Å². The van der Waals surface area contributed by atoms with E-state index in [1.54, 1.807) is 11.3 Å². The highest BCUT2D eigenvalue weighted by Gasteiger charge is 2.29. The third kappa shape index (κ3) is 3.44. The van der Waals surface area contributed by atoms with Crippen molar-refractivity contribution in [1.29, 1.82) is 0 Å². The molecule has 2 aromatic rings. The van der Waals surface area contributed by atoms with E-state index in [1.165, 1.54) is 4.88 Å². The Morgan fingerprint density at radius 2 is 2.19 bits per heavy atom. The van der Waals surface area contributed by atoms with Crippen molar-refractivity contribution in [3.05, 3.63) is 10.9 Å². The van der Waals surface area contributed by atoms with Gasteiger partial charge in [0.2, 0.25) is 5.95 Å². The first-order valence-electron chi connectivity index (χ1n) is 7.61. The second-order valence-corrected chi connectivity index (χ2v) is 6.92. The normalized spacial score (nSPS) is 16.1. The van der Waals surface area contributed by atoms with Gasteiger partial charge in [0, 0.05) is 18.0 Å². The summed E-state index contributed by atoms with van der Waals surface area (Å²) in [5, 5.41) is 17.6. The lowest BCUT2D eigenvalue weighted by molar-refractivity contribution is 0.164. The molecule has 1 aliphatic carbocycles. The van der Waals surface area contributed by atoms with Crippen molar-refractivity contribution in [2.45, 2.75) is 39.2 Å². The Bertz CT molecular complexity index is 623. The molecule has 1 atom stereocenters. The van der Waals surface area contributed by atoms with Gasteiger partial charge >= 0.3 is 0 Å². The molecule has 1 unspecified atom stereocenters. The van der Waals surface area contributed by atoms with Gasteiger partial charge in [-0.25, -0.2) is 4.98 Å². The third-order valence-electron chi connectivity index (χ3n) is 3.69. The highest BCUT2D eigenvalue weighted by atomic mass is 32.1. The molecule has 5 nitrogen and oxygen atoms in total. The quantitative estimate of drug-likeness (QED) is 0.733. The van der Waals surface area contributed by atoms with Crippen molar-refractivity contribution in [2.24, 2.45) is 5.92 Å². The van der Waals surface area contributed by atoms with E-state index < -0.39 is 0 Å². The smallest absolute Gasteiger partial charge is 0.226 e. The Hall–Kier alpha value is -1.40. The van der Waals surface area contributed by atoms with Crippen LogP contribution < -0.4 is 10.6 Å². The lowest BCUT2D eigenvalue weighted by atomic mass is 10.2. The Morgan fingerprint density at radius 1 is 1.38 bits per heavy atom. The lowest BCUT2D eigenvalue weighted by Crippen LogP contribution is -2.22. The summed E-state index contributed by atoms with van der Waals surface area (Å²) in [5.41, 5.74) is 0. The molecule has 0 spiro atoms. The number of thiophene rings is 1. The van der Waals surface area contributed by atoms with Gasteiger partial charge < -0.3 is 15.7 Å². The zero-order valence-corrected chi connectivity index (χ0v) is 13.3. The zero-order chi connectivity index (χ0) is 14.8. The zero-order valence-electron chi connectivity index (χ0n) is 12.5. The van der Waals surface area contributed by atoms with Crippen LogP contribution in [0.4, 0.5) is 11.8 Å². The fourth-order valence-corrected chi connectivity index (χ4v) is 3.22. The summed E-state index contributed by atoms with van der Waals surface area (Å²) in [7, 11) is 0. The number of aryl methyl sites for hydroxylation is 1. The molecule has 114 valence electrons. The summed E-state index contributed by atoms with van der Waals surface area (Å²) in [4.78, 5) is 11.3. The molecule has 0 bridgehead atoms. The molecular weight excluding hydrogens is 284 g/mol. The van der Waals surface area contributed by atoms with Gasteiger partial charge in [0.1, 0.15) is 10.6 Å². The highest BCUT2D eigenvalue weighted by Crippen LogP contribution is 2.33. The maximum atomic E-state index is 10.0. The van der Waals surface area contributed by atoms with Crippen molar-refractivity contribution in [1.82, 2.24) is 9.97 Å². The number of aliphatic hydroxyl groups is 1. The molecule has 0 radical (unpaired) electrons. The average Bonchev–Trinajstić information content (AvgIpc) is 3.24. The van der Waals surface area contributed by atoms with Gasteiger partial charge in [-0.3, -0.25) is 0 Å². The van der Waals surface area contributed by atoms with Crippen LogP contribution in [0.3, 0.4) is 0 Å². The largest absolute Gasteiger partial charge is 0.391 e. The highest BCUT2D eigenvalue weighted by molar-refractivity contribution is 7.18. The maximum Gasteiger partial charge on any atom is 0.226 e. The molecule has 0 amide bonds. The molecular formula is C15H22N4OS. The topological polar surface area (TPSA) is 70.1 Å². The Labute approximate surface area is 128 Å². The SMILES string of the molecule is CCCNc1nc(NCC(O)C2CC2)c2cc(C)sc2n1. The number of nitrogens with zero attached hydrogens (tertiary/aromatic N) is 2. The first-order chi connectivity index (χ1) is 10.2. The van der Waals surface area contributed by atoms with E-state index in [0.29, 0.717) is 18.4 Å². The third-order valence-corrected chi connectivity index (χ3v) is 4.64. The second-order valence-electron chi connectivity index (χ2n) is 5.68. The minimum atomic E-state index is -0.276. The minimum Gasteiger partial charge on any atom is -0.391 e. The summed E-state index contributed by atoms with van der Waals surface area (Å²) in [5.74, 6) is 1.95. The lowest BCUT2D eigenvalue weighted by Gasteiger charge is -2.13. The number of rotatable bonds is 7. The van der Waals surface area contributed by atoms with Crippen molar-refractivity contribution in [3.63, 3.8) is 0 Å². The standard InChI is InChI=1S/C15H22N4OS/c1-3-6-16-15-18-13(17-8-12(20)10-4-5-10)11-7-9(2)21-14(11)19-15/h7,10,12,20H,3-6,8H2,1-2H3,(H2,16,17,18,19). The number of fused-ring (bicyclic) bond motifs is 1. The molecule has 3 N–H and O–H groups in total. The first kappa shape index (κ1) is 14.5. The van der Waals surface area contributed by atoms with Crippen molar-refractivity contribution in [3.8, 4) is 0 Å². The predicted molar refractivity (Wildman–Crippen MR) is 88.2 cm³/mol. The molecule has 0 saturated heterocycles. The van der Waals surface area contributed by atoms with Crippen LogP contribution in [-0.4, -0.2) is 34.3 Å². The summed E-state index contributed by atoms with van der Waals surface area (Å²) in [6.45, 7) is 5.61. The molecule has 1 aliphatic rings. The number of nitrogens with one attached hydrogen (secondary N) is 2. The van der Waals surface area contributed by atoms with Crippen LogP contribution in [0.2, 0.25) is 0 Å². The molecule has 1 fully saturated rings. The van der Waals surface area contributed by atoms with Crippen LogP contribution >= 0.6 is 11.3 Å². The van der Waals surface area contributed by atoms with Gasteiger partial charge in [0.25, 0.3) is 0 Å². The van der Waals surface area contributed by atoms with Crippen LogP contribution in [0, 0.1) is 12.8 Å². The molecule has 0 aromatic carbocycles. The van der Waals surface area contributed by atoms with Gasteiger partial charge in [-0.2, -0.15) is 4.98 Å². The van der Waals surface area contributed by atoms with Crippen LogP contribution in [0.15, 0.2) is 6.07 Å². The molecule has 21 heavy (non-hydrogen) atoms. The van der Waals surface area contributed by atoms with Gasteiger partial charge in [0.05, 0.1) is 11.5 Å². The summed E-state index contributed by atoms with van der Waals surface area (Å²) < 4.78 is 0.